The zero-order chi connectivity index (χ0) is 24.9. The van der Waals surface area contributed by atoms with E-state index >= 15 is 0 Å². The monoisotopic (exact) mass is 470 g/mol. The number of fused-ring (bicyclic) bond motifs is 1. The summed E-state index contributed by atoms with van der Waals surface area (Å²) in [5.74, 6) is -0.986. The van der Waals surface area contributed by atoms with Crippen LogP contribution in [0.4, 0.5) is 22.7 Å². The lowest BCUT2D eigenvalue weighted by Gasteiger charge is -2.21. The summed E-state index contributed by atoms with van der Waals surface area (Å²) in [5.41, 5.74) is 11.2. The second kappa shape index (κ2) is 10.1. The van der Waals surface area contributed by atoms with E-state index in [0.29, 0.717) is 34.0 Å². The van der Waals surface area contributed by atoms with E-state index in [2.05, 4.69) is 10.6 Å². The second-order valence-corrected chi connectivity index (χ2v) is 7.96. The van der Waals surface area contributed by atoms with E-state index in [-0.39, 0.29) is 25.0 Å². The summed E-state index contributed by atoms with van der Waals surface area (Å²) in [4.78, 5) is 38.4. The molecule has 1 aliphatic heterocycles. The maximum Gasteiger partial charge on any atom is 0.326 e. The number of amides is 2. The van der Waals surface area contributed by atoms with Gasteiger partial charge in [-0.05, 0) is 55.0 Å². The quantitative estimate of drug-likeness (QED) is 0.272. The van der Waals surface area contributed by atoms with Crippen LogP contribution in [-0.2, 0) is 19.1 Å². The maximum atomic E-state index is 13.0. The van der Waals surface area contributed by atoms with Gasteiger partial charge in [-0.25, -0.2) is 0 Å². The van der Waals surface area contributed by atoms with Gasteiger partial charge in [-0.15, -0.1) is 0 Å². The predicted molar refractivity (Wildman–Crippen MR) is 137 cm³/mol. The zero-order valence-electron chi connectivity index (χ0n) is 19.5. The SMILES string of the molecule is CCOC(=O)CN(C(C)=O)c1ccc(NC(=C2C(=O)Nc3ccc(N)cc32)c2ccccc2)cc1. The molecule has 0 aliphatic carbocycles. The first-order valence-corrected chi connectivity index (χ1v) is 11.2. The van der Waals surface area contributed by atoms with Crippen molar-refractivity contribution in [3.05, 3.63) is 83.9 Å². The van der Waals surface area contributed by atoms with Crippen LogP contribution in [0, 0.1) is 0 Å². The Morgan fingerprint density at radius 1 is 1.03 bits per heavy atom. The first kappa shape index (κ1) is 23.6. The predicted octanol–water partition coefficient (Wildman–Crippen LogP) is 4.12. The fraction of sp³-hybridized carbons (Fsp3) is 0.148. The Bertz CT molecular complexity index is 1300. The van der Waals surface area contributed by atoms with Gasteiger partial charge in [0.2, 0.25) is 5.91 Å². The number of nitrogen functional groups attached to an aromatic ring is 1. The molecule has 4 rings (SSSR count). The molecule has 8 nitrogen and oxygen atoms in total. The van der Waals surface area contributed by atoms with Crippen molar-refractivity contribution in [2.75, 3.05) is 34.4 Å². The van der Waals surface area contributed by atoms with Crippen molar-refractivity contribution in [3.63, 3.8) is 0 Å². The van der Waals surface area contributed by atoms with Gasteiger partial charge in [0, 0.05) is 35.2 Å². The van der Waals surface area contributed by atoms with E-state index < -0.39 is 5.97 Å². The van der Waals surface area contributed by atoms with Crippen LogP contribution < -0.4 is 21.3 Å². The molecule has 1 heterocycles. The molecular formula is C27H26N4O4. The molecule has 2 amide bonds. The lowest BCUT2D eigenvalue weighted by molar-refractivity contribution is -0.142. The summed E-state index contributed by atoms with van der Waals surface area (Å²) in [7, 11) is 0. The van der Waals surface area contributed by atoms with Crippen molar-refractivity contribution in [3.8, 4) is 0 Å². The molecule has 3 aromatic rings. The van der Waals surface area contributed by atoms with Crippen molar-refractivity contribution in [2.45, 2.75) is 13.8 Å². The smallest absolute Gasteiger partial charge is 0.326 e. The minimum absolute atomic E-state index is 0.173. The van der Waals surface area contributed by atoms with Gasteiger partial charge in [0.25, 0.3) is 5.91 Å². The molecule has 0 atom stereocenters. The van der Waals surface area contributed by atoms with Crippen LogP contribution in [0.25, 0.3) is 11.3 Å². The minimum Gasteiger partial charge on any atom is -0.465 e. The highest BCUT2D eigenvalue weighted by molar-refractivity contribution is 6.37. The molecule has 3 aromatic carbocycles. The number of carbonyl (C=O) groups excluding carboxylic acids is 3. The third-order valence-electron chi connectivity index (χ3n) is 5.52. The fourth-order valence-electron chi connectivity index (χ4n) is 3.91. The number of rotatable bonds is 7. The third-order valence-corrected chi connectivity index (χ3v) is 5.52. The Balaban J connectivity index is 1.70. The molecule has 0 fully saturated rings. The Labute approximate surface area is 203 Å². The van der Waals surface area contributed by atoms with Crippen LogP contribution in [0.3, 0.4) is 0 Å². The van der Waals surface area contributed by atoms with E-state index in [4.69, 9.17) is 10.5 Å². The summed E-state index contributed by atoms with van der Waals surface area (Å²) in [6, 6.07) is 21.9. The summed E-state index contributed by atoms with van der Waals surface area (Å²) in [6.07, 6.45) is 0. The molecule has 0 bridgehead atoms. The highest BCUT2D eigenvalue weighted by Crippen LogP contribution is 2.38. The van der Waals surface area contributed by atoms with Crippen LogP contribution in [0.15, 0.2) is 72.8 Å². The average Bonchev–Trinajstić information content (AvgIpc) is 3.17. The average molecular weight is 471 g/mol. The topological polar surface area (TPSA) is 114 Å². The van der Waals surface area contributed by atoms with Gasteiger partial charge in [0.05, 0.1) is 17.9 Å². The van der Waals surface area contributed by atoms with Crippen molar-refractivity contribution in [2.24, 2.45) is 0 Å². The molecule has 4 N–H and O–H groups in total. The number of benzene rings is 3. The van der Waals surface area contributed by atoms with Gasteiger partial charge in [0.15, 0.2) is 0 Å². The summed E-state index contributed by atoms with van der Waals surface area (Å²) < 4.78 is 4.98. The molecule has 8 heteroatoms. The van der Waals surface area contributed by atoms with E-state index in [0.717, 1.165) is 11.1 Å². The van der Waals surface area contributed by atoms with E-state index in [1.807, 2.05) is 30.3 Å². The lowest BCUT2D eigenvalue weighted by Crippen LogP contribution is -2.34. The van der Waals surface area contributed by atoms with Crippen LogP contribution in [0.5, 0.6) is 0 Å². The summed E-state index contributed by atoms with van der Waals surface area (Å²) in [6.45, 7) is 3.18. The number of anilines is 4. The molecular weight excluding hydrogens is 444 g/mol. The number of ether oxygens (including phenoxy) is 1. The number of nitrogens with two attached hydrogens (primary N) is 1. The van der Waals surface area contributed by atoms with E-state index in [9.17, 15) is 14.4 Å². The molecule has 0 saturated heterocycles. The molecule has 1 aliphatic rings. The first-order chi connectivity index (χ1) is 16.9. The highest BCUT2D eigenvalue weighted by Gasteiger charge is 2.28. The fourth-order valence-corrected chi connectivity index (χ4v) is 3.91. The van der Waals surface area contributed by atoms with Gasteiger partial charge in [-0.3, -0.25) is 14.4 Å². The number of hydrogen-bond donors (Lipinski definition) is 3. The second-order valence-electron chi connectivity index (χ2n) is 7.96. The van der Waals surface area contributed by atoms with Crippen LogP contribution in [0.1, 0.15) is 25.0 Å². The standard InChI is InChI=1S/C27H26N4O4/c1-3-35-24(33)16-31(17(2)32)21-12-10-20(11-13-21)29-26(18-7-5-4-6-8-18)25-22-15-19(28)9-14-23(22)30-27(25)34/h4-15,29H,3,16,28H2,1-2H3,(H,30,34). The molecule has 0 spiro atoms. The van der Waals surface area contributed by atoms with Gasteiger partial charge in [-0.2, -0.15) is 0 Å². The summed E-state index contributed by atoms with van der Waals surface area (Å²) >= 11 is 0. The maximum absolute atomic E-state index is 13.0. The number of carbonyl (C=O) groups is 3. The van der Waals surface area contributed by atoms with Gasteiger partial charge in [0.1, 0.15) is 6.54 Å². The minimum atomic E-state index is -0.480. The number of esters is 1. The van der Waals surface area contributed by atoms with Gasteiger partial charge in [-0.1, -0.05) is 30.3 Å². The molecule has 0 aromatic heterocycles. The summed E-state index contributed by atoms with van der Waals surface area (Å²) in [5, 5.41) is 6.26. The largest absolute Gasteiger partial charge is 0.465 e. The van der Waals surface area contributed by atoms with E-state index in [1.54, 1.807) is 49.4 Å². The first-order valence-electron chi connectivity index (χ1n) is 11.2. The van der Waals surface area contributed by atoms with E-state index in [1.165, 1.54) is 11.8 Å². The van der Waals surface area contributed by atoms with Crippen molar-refractivity contribution >= 4 is 51.8 Å². The normalized spacial score (nSPS) is 13.5. The van der Waals surface area contributed by atoms with Crippen molar-refractivity contribution < 1.29 is 19.1 Å². The van der Waals surface area contributed by atoms with Crippen molar-refractivity contribution in [1.29, 1.82) is 0 Å². The van der Waals surface area contributed by atoms with Crippen molar-refractivity contribution in [1.82, 2.24) is 0 Å². The zero-order valence-corrected chi connectivity index (χ0v) is 19.5. The Kier molecular flexibility index (Phi) is 6.82. The molecule has 178 valence electrons. The lowest BCUT2D eigenvalue weighted by atomic mass is 9.99. The molecule has 0 saturated carbocycles. The van der Waals surface area contributed by atoms with Crippen LogP contribution in [0.2, 0.25) is 0 Å². The third kappa shape index (κ3) is 5.16. The van der Waals surface area contributed by atoms with Gasteiger partial charge < -0.3 is 26.0 Å². The Morgan fingerprint density at radius 2 is 1.74 bits per heavy atom. The Hall–Kier alpha value is -4.59. The Morgan fingerprint density at radius 3 is 2.40 bits per heavy atom. The molecule has 35 heavy (non-hydrogen) atoms. The molecule has 0 unspecified atom stereocenters. The van der Waals surface area contributed by atoms with Crippen LogP contribution in [-0.4, -0.2) is 30.9 Å². The van der Waals surface area contributed by atoms with Gasteiger partial charge >= 0.3 is 5.97 Å². The number of nitrogens with one attached hydrogen (secondary N) is 2. The number of hydrogen-bond acceptors (Lipinski definition) is 6. The highest BCUT2D eigenvalue weighted by atomic mass is 16.5. The number of nitrogens with zero attached hydrogens (tertiary/aromatic N) is 1. The molecule has 0 radical (unpaired) electrons. The van der Waals surface area contributed by atoms with Crippen LogP contribution >= 0.6 is 0 Å².